The number of H-pyrrole nitrogens is 1. The van der Waals surface area contributed by atoms with Gasteiger partial charge in [0.05, 0.1) is 23.1 Å². The smallest absolute Gasteiger partial charge is 0.119 e. The molecule has 0 aliphatic heterocycles. The third-order valence-corrected chi connectivity index (χ3v) is 7.23. The van der Waals surface area contributed by atoms with Crippen LogP contribution in [0.25, 0.3) is 33.3 Å². The van der Waals surface area contributed by atoms with Crippen LogP contribution in [-0.4, -0.2) is 27.8 Å². The normalized spacial score (nSPS) is 11.9. The van der Waals surface area contributed by atoms with E-state index in [1.165, 1.54) is 5.56 Å². The molecule has 41 heavy (non-hydrogen) atoms. The number of aromatic nitrogens is 3. The van der Waals surface area contributed by atoms with Crippen LogP contribution in [0.15, 0.2) is 115 Å². The first kappa shape index (κ1) is 26.3. The average Bonchev–Trinajstić information content (AvgIpc) is 3.40. The second-order valence-corrected chi connectivity index (χ2v) is 10.3. The first-order valence-electron chi connectivity index (χ1n) is 13.9. The van der Waals surface area contributed by atoms with E-state index in [1.54, 1.807) is 0 Å². The lowest BCUT2D eigenvalue weighted by atomic mass is 9.97. The number of ether oxygens (including phenoxy) is 1. The summed E-state index contributed by atoms with van der Waals surface area (Å²) in [6.45, 7) is 3.22. The van der Waals surface area contributed by atoms with Gasteiger partial charge in [-0.1, -0.05) is 78.9 Å². The number of anilines is 1. The zero-order valence-electron chi connectivity index (χ0n) is 23.0. The van der Waals surface area contributed by atoms with Crippen molar-refractivity contribution in [2.24, 2.45) is 5.73 Å². The van der Waals surface area contributed by atoms with Crippen molar-refractivity contribution in [2.75, 3.05) is 11.9 Å². The molecule has 4 N–H and O–H groups in total. The van der Waals surface area contributed by atoms with Crippen molar-refractivity contribution < 1.29 is 4.74 Å². The van der Waals surface area contributed by atoms with Gasteiger partial charge in [0.15, 0.2) is 0 Å². The number of hydrogen-bond donors (Lipinski definition) is 3. The number of pyridine rings is 1. The molecule has 204 valence electrons. The van der Waals surface area contributed by atoms with Crippen molar-refractivity contribution in [1.82, 2.24) is 15.2 Å². The molecule has 2 heterocycles. The summed E-state index contributed by atoms with van der Waals surface area (Å²) in [4.78, 5) is 4.89. The van der Waals surface area contributed by atoms with Crippen molar-refractivity contribution in [3.8, 4) is 28.1 Å². The van der Waals surface area contributed by atoms with Crippen LogP contribution in [0.5, 0.6) is 5.75 Å². The Labute approximate surface area is 240 Å². The van der Waals surface area contributed by atoms with E-state index in [-0.39, 0.29) is 6.04 Å². The highest BCUT2D eigenvalue weighted by molar-refractivity contribution is 5.90. The van der Waals surface area contributed by atoms with Crippen molar-refractivity contribution in [3.05, 3.63) is 132 Å². The lowest BCUT2D eigenvalue weighted by Crippen LogP contribution is -2.31. The molecule has 0 unspecified atom stereocenters. The molecule has 0 saturated heterocycles. The molecule has 0 aliphatic carbocycles. The number of nitrogens with zero attached hydrogens (tertiary/aromatic N) is 2. The van der Waals surface area contributed by atoms with Gasteiger partial charge in [0.25, 0.3) is 0 Å². The second kappa shape index (κ2) is 12.1. The predicted molar refractivity (Wildman–Crippen MR) is 167 cm³/mol. The maximum Gasteiger partial charge on any atom is 0.119 e. The second-order valence-electron chi connectivity index (χ2n) is 10.3. The van der Waals surface area contributed by atoms with Crippen LogP contribution in [0.2, 0.25) is 0 Å². The fourth-order valence-corrected chi connectivity index (χ4v) is 5.00. The van der Waals surface area contributed by atoms with Gasteiger partial charge < -0.3 is 15.8 Å². The number of rotatable bonds is 10. The number of benzene rings is 4. The molecular weight excluding hydrogens is 506 g/mol. The maximum absolute atomic E-state index is 6.54. The molecule has 0 aliphatic rings. The van der Waals surface area contributed by atoms with Crippen molar-refractivity contribution >= 4 is 16.6 Å². The van der Waals surface area contributed by atoms with Gasteiger partial charge in [0.1, 0.15) is 12.4 Å². The Morgan fingerprint density at radius 1 is 0.829 bits per heavy atom. The molecule has 1 atom stereocenters. The van der Waals surface area contributed by atoms with Gasteiger partial charge in [-0.2, -0.15) is 5.10 Å². The zero-order valence-corrected chi connectivity index (χ0v) is 23.0. The lowest BCUT2D eigenvalue weighted by molar-refractivity contribution is 0.306. The summed E-state index contributed by atoms with van der Waals surface area (Å²) in [7, 11) is 0. The third kappa shape index (κ3) is 6.29. The van der Waals surface area contributed by atoms with E-state index in [9.17, 15) is 0 Å². The molecule has 0 fully saturated rings. The Hall–Kier alpha value is -4.94. The zero-order chi connectivity index (χ0) is 28.0. The minimum absolute atomic E-state index is 0.0618. The molecule has 2 aromatic heterocycles. The summed E-state index contributed by atoms with van der Waals surface area (Å²) < 4.78 is 5.92. The summed E-state index contributed by atoms with van der Waals surface area (Å²) in [6, 6.07) is 37.1. The van der Waals surface area contributed by atoms with E-state index < -0.39 is 0 Å². The van der Waals surface area contributed by atoms with E-state index >= 15 is 0 Å². The number of aryl methyl sites for hydroxylation is 1. The van der Waals surface area contributed by atoms with Crippen LogP contribution in [0.4, 0.5) is 5.69 Å². The predicted octanol–water partition coefficient (Wildman–Crippen LogP) is 7.16. The highest BCUT2D eigenvalue weighted by atomic mass is 16.5. The standard InChI is InChI=1S/C35H33N5O/c1-24-32-19-28(14-17-34(32)40-39-24)33-20-30(22-38-35(33)27-10-6-3-7-11-27)37-21-29(36)18-25-12-15-31(16-13-25)41-23-26-8-4-2-5-9-26/h2-17,19-20,22,29,37H,18,21,23,36H2,1H3,(H,39,40)/t29-/m0/s1. The molecule has 0 amide bonds. The Morgan fingerprint density at radius 3 is 2.37 bits per heavy atom. The van der Waals surface area contributed by atoms with E-state index in [0.717, 1.165) is 62.4 Å². The summed E-state index contributed by atoms with van der Waals surface area (Å²) in [5.41, 5.74) is 16.0. The summed E-state index contributed by atoms with van der Waals surface area (Å²) in [5, 5.41) is 12.1. The van der Waals surface area contributed by atoms with E-state index in [2.05, 4.69) is 76.2 Å². The summed E-state index contributed by atoms with van der Waals surface area (Å²) in [6.07, 6.45) is 2.64. The Morgan fingerprint density at radius 2 is 1.59 bits per heavy atom. The Bertz CT molecular complexity index is 1730. The lowest BCUT2D eigenvalue weighted by Gasteiger charge is -2.16. The van der Waals surface area contributed by atoms with Gasteiger partial charge in [0, 0.05) is 34.8 Å². The Balaban J connectivity index is 1.14. The van der Waals surface area contributed by atoms with Gasteiger partial charge in [-0.05, 0) is 60.4 Å². The highest BCUT2D eigenvalue weighted by Crippen LogP contribution is 2.34. The van der Waals surface area contributed by atoms with Crippen LogP contribution in [0, 0.1) is 6.92 Å². The highest BCUT2D eigenvalue weighted by Gasteiger charge is 2.13. The number of hydrogen-bond acceptors (Lipinski definition) is 5. The van der Waals surface area contributed by atoms with Gasteiger partial charge in [-0.3, -0.25) is 10.1 Å². The molecule has 0 bridgehead atoms. The monoisotopic (exact) mass is 539 g/mol. The SMILES string of the molecule is Cc1[nH]nc2ccc(-c3cc(NC[C@@H](N)Cc4ccc(OCc5ccccc5)cc4)cnc3-c3ccccc3)cc12. The third-order valence-electron chi connectivity index (χ3n) is 7.23. The summed E-state index contributed by atoms with van der Waals surface area (Å²) >= 11 is 0. The molecule has 6 rings (SSSR count). The number of aromatic amines is 1. The maximum atomic E-state index is 6.54. The molecule has 6 nitrogen and oxygen atoms in total. The van der Waals surface area contributed by atoms with E-state index in [1.807, 2.05) is 61.7 Å². The molecule has 6 heteroatoms. The number of fused-ring (bicyclic) bond motifs is 1. The first-order chi connectivity index (χ1) is 20.1. The van der Waals surface area contributed by atoms with Crippen LogP contribution in [0.1, 0.15) is 16.8 Å². The molecule has 0 spiro atoms. The van der Waals surface area contributed by atoms with Gasteiger partial charge in [-0.15, -0.1) is 0 Å². The van der Waals surface area contributed by atoms with Crippen LogP contribution in [0.3, 0.4) is 0 Å². The number of nitrogens with one attached hydrogen (secondary N) is 2. The van der Waals surface area contributed by atoms with Gasteiger partial charge in [0.2, 0.25) is 0 Å². The van der Waals surface area contributed by atoms with E-state index in [0.29, 0.717) is 13.2 Å². The number of nitrogens with two attached hydrogens (primary N) is 1. The minimum Gasteiger partial charge on any atom is -0.489 e. The summed E-state index contributed by atoms with van der Waals surface area (Å²) in [5.74, 6) is 0.852. The largest absolute Gasteiger partial charge is 0.489 e. The Kier molecular flexibility index (Phi) is 7.74. The van der Waals surface area contributed by atoms with Gasteiger partial charge >= 0.3 is 0 Å². The molecule has 6 aromatic rings. The van der Waals surface area contributed by atoms with Crippen LogP contribution >= 0.6 is 0 Å². The molecule has 0 saturated carbocycles. The van der Waals surface area contributed by atoms with Crippen molar-refractivity contribution in [2.45, 2.75) is 26.0 Å². The van der Waals surface area contributed by atoms with Crippen LogP contribution < -0.4 is 15.8 Å². The fraction of sp³-hybridized carbons (Fsp3) is 0.143. The average molecular weight is 540 g/mol. The van der Waals surface area contributed by atoms with Crippen LogP contribution in [-0.2, 0) is 13.0 Å². The molecular formula is C35H33N5O. The minimum atomic E-state index is -0.0618. The quantitative estimate of drug-likeness (QED) is 0.172. The molecule has 4 aromatic carbocycles. The fourth-order valence-electron chi connectivity index (χ4n) is 5.00. The first-order valence-corrected chi connectivity index (χ1v) is 13.9. The molecule has 0 radical (unpaired) electrons. The van der Waals surface area contributed by atoms with E-state index in [4.69, 9.17) is 15.5 Å². The van der Waals surface area contributed by atoms with Gasteiger partial charge in [-0.25, -0.2) is 0 Å². The van der Waals surface area contributed by atoms with Crippen molar-refractivity contribution in [1.29, 1.82) is 0 Å². The topological polar surface area (TPSA) is 88.9 Å². The van der Waals surface area contributed by atoms with Crippen molar-refractivity contribution in [3.63, 3.8) is 0 Å².